The van der Waals surface area contributed by atoms with Gasteiger partial charge in [-0.25, -0.2) is 0 Å². The number of methoxy groups -OCH3 is 2. The molecule has 3 aromatic carbocycles. The van der Waals surface area contributed by atoms with Crippen LogP contribution in [0.15, 0.2) is 54.7 Å². The largest absolute Gasteiger partial charge is 0.495 e. The highest BCUT2D eigenvalue weighted by Crippen LogP contribution is 2.46. The van der Waals surface area contributed by atoms with Gasteiger partial charge in [-0.2, -0.15) is 0 Å². The number of hydrogen-bond acceptors (Lipinski definition) is 5. The van der Waals surface area contributed by atoms with Crippen LogP contribution < -0.4 is 20.1 Å². The van der Waals surface area contributed by atoms with E-state index in [2.05, 4.69) is 15.6 Å². The van der Waals surface area contributed by atoms with E-state index in [0.717, 1.165) is 16.5 Å². The Morgan fingerprint density at radius 3 is 2.16 bits per heavy atom. The molecule has 2 amide bonds. The number of hydrogen-bond donors (Lipinski definition) is 3. The number of carbonyl (C=O) groups is 2. The van der Waals surface area contributed by atoms with E-state index in [4.69, 9.17) is 32.7 Å². The Labute approximate surface area is 224 Å². The van der Waals surface area contributed by atoms with Gasteiger partial charge in [-0.3, -0.25) is 9.59 Å². The van der Waals surface area contributed by atoms with Crippen molar-refractivity contribution in [2.75, 3.05) is 45.5 Å². The smallest absolute Gasteiger partial charge is 0.255 e. The Hall–Kier alpha value is -3.72. The zero-order chi connectivity index (χ0) is 26.7. The molecular formula is C27H26Cl2N4O4. The molecule has 192 valence electrons. The van der Waals surface area contributed by atoms with E-state index >= 15 is 0 Å². The molecule has 0 aliphatic carbocycles. The van der Waals surface area contributed by atoms with Gasteiger partial charge >= 0.3 is 0 Å². The Morgan fingerprint density at radius 2 is 1.57 bits per heavy atom. The standard InChI is InChI=1S/C27H26Cl2N4O4/c1-33(2)14-23(34)31-17-8-5-15(6-9-17)27(35)32-20-13-30-19-11-16(7-10-18(19)20)24-25(28)21(36-3)12-22(37-4)26(24)29/h5-13,30H,14H2,1-4H3,(H,31,34)(H,32,35). The van der Waals surface area contributed by atoms with Crippen molar-refractivity contribution >= 4 is 57.3 Å². The van der Waals surface area contributed by atoms with E-state index in [1.807, 2.05) is 32.3 Å². The van der Waals surface area contributed by atoms with Gasteiger partial charge in [0.15, 0.2) is 0 Å². The number of rotatable bonds is 8. The van der Waals surface area contributed by atoms with Gasteiger partial charge in [0.05, 0.1) is 36.5 Å². The van der Waals surface area contributed by atoms with Gasteiger partial charge in [-0.1, -0.05) is 35.3 Å². The summed E-state index contributed by atoms with van der Waals surface area (Å²) in [7, 11) is 6.68. The molecule has 0 spiro atoms. The van der Waals surface area contributed by atoms with Crippen molar-refractivity contribution in [2.24, 2.45) is 0 Å². The summed E-state index contributed by atoms with van der Waals surface area (Å²) in [5, 5.41) is 7.28. The van der Waals surface area contributed by atoms with Gasteiger partial charge in [0.25, 0.3) is 5.91 Å². The van der Waals surface area contributed by atoms with Crippen LogP contribution in [-0.2, 0) is 4.79 Å². The van der Waals surface area contributed by atoms with Gasteiger partial charge in [-0.05, 0) is 50.0 Å². The van der Waals surface area contributed by atoms with Crippen molar-refractivity contribution in [1.82, 2.24) is 9.88 Å². The molecular weight excluding hydrogens is 515 g/mol. The second kappa shape index (κ2) is 11.1. The Kier molecular flexibility index (Phi) is 7.92. The molecule has 4 rings (SSSR count). The van der Waals surface area contributed by atoms with Crippen LogP contribution in [0.5, 0.6) is 11.5 Å². The normalized spacial score (nSPS) is 11.0. The minimum absolute atomic E-state index is 0.129. The minimum atomic E-state index is -0.278. The number of ether oxygens (including phenoxy) is 2. The van der Waals surface area contributed by atoms with Crippen LogP contribution in [0.4, 0.5) is 11.4 Å². The molecule has 1 aromatic heterocycles. The highest BCUT2D eigenvalue weighted by molar-refractivity contribution is 6.41. The van der Waals surface area contributed by atoms with Crippen molar-refractivity contribution in [2.45, 2.75) is 0 Å². The number of nitrogens with zero attached hydrogens (tertiary/aromatic N) is 1. The van der Waals surface area contributed by atoms with Crippen molar-refractivity contribution in [3.63, 3.8) is 0 Å². The number of fused-ring (bicyclic) bond motifs is 1. The molecule has 1 heterocycles. The number of H-pyrrole nitrogens is 1. The third-order valence-electron chi connectivity index (χ3n) is 5.68. The number of halogens is 2. The van der Waals surface area contributed by atoms with E-state index < -0.39 is 0 Å². The Bertz CT molecular complexity index is 1440. The second-order valence-electron chi connectivity index (χ2n) is 8.56. The number of carbonyl (C=O) groups excluding carboxylic acids is 2. The van der Waals surface area contributed by atoms with Crippen LogP contribution in [0, 0.1) is 0 Å². The molecule has 0 aliphatic rings. The lowest BCUT2D eigenvalue weighted by atomic mass is 10.0. The SMILES string of the molecule is COc1cc(OC)c(Cl)c(-c2ccc3c(NC(=O)c4ccc(NC(=O)CN(C)C)cc4)c[nH]c3c2)c1Cl. The summed E-state index contributed by atoms with van der Waals surface area (Å²) in [5.74, 6) is 0.483. The summed E-state index contributed by atoms with van der Waals surface area (Å²) < 4.78 is 10.7. The average Bonchev–Trinajstić information content (AvgIpc) is 3.26. The van der Waals surface area contributed by atoms with Crippen LogP contribution >= 0.6 is 23.2 Å². The van der Waals surface area contributed by atoms with Gasteiger partial charge in [0.2, 0.25) is 5.91 Å². The first-order chi connectivity index (χ1) is 17.7. The van der Waals surface area contributed by atoms with E-state index in [-0.39, 0.29) is 18.4 Å². The summed E-state index contributed by atoms with van der Waals surface area (Å²) in [6.07, 6.45) is 1.72. The minimum Gasteiger partial charge on any atom is -0.495 e. The number of nitrogens with one attached hydrogen (secondary N) is 3. The highest BCUT2D eigenvalue weighted by atomic mass is 35.5. The fraction of sp³-hybridized carbons (Fsp3) is 0.185. The molecule has 37 heavy (non-hydrogen) atoms. The first-order valence-corrected chi connectivity index (χ1v) is 12.0. The average molecular weight is 541 g/mol. The van der Waals surface area contributed by atoms with Crippen molar-refractivity contribution < 1.29 is 19.1 Å². The first kappa shape index (κ1) is 26.3. The number of amides is 2. The fourth-order valence-corrected chi connectivity index (χ4v) is 4.63. The lowest BCUT2D eigenvalue weighted by Gasteiger charge is -2.15. The van der Waals surface area contributed by atoms with Crippen molar-refractivity contribution in [3.05, 3.63) is 70.3 Å². The van der Waals surface area contributed by atoms with Crippen LogP contribution in [0.25, 0.3) is 22.0 Å². The van der Waals surface area contributed by atoms with E-state index in [1.165, 1.54) is 14.2 Å². The molecule has 0 saturated heterocycles. The third-order valence-corrected chi connectivity index (χ3v) is 6.43. The summed E-state index contributed by atoms with van der Waals surface area (Å²) in [4.78, 5) is 29.8. The first-order valence-electron chi connectivity index (χ1n) is 11.3. The molecule has 0 radical (unpaired) electrons. The molecule has 0 aliphatic heterocycles. The maximum Gasteiger partial charge on any atom is 0.255 e. The molecule has 10 heteroatoms. The maximum absolute atomic E-state index is 12.9. The van der Waals surface area contributed by atoms with E-state index in [9.17, 15) is 9.59 Å². The molecule has 0 bridgehead atoms. The van der Waals surface area contributed by atoms with Crippen LogP contribution in [-0.4, -0.2) is 56.6 Å². The quantitative estimate of drug-likeness (QED) is 0.258. The fourth-order valence-electron chi connectivity index (χ4n) is 3.91. The molecule has 4 aromatic rings. The molecule has 0 unspecified atom stereocenters. The summed E-state index contributed by atoms with van der Waals surface area (Å²) >= 11 is 13.1. The van der Waals surface area contributed by atoms with Crippen LogP contribution in [0.3, 0.4) is 0 Å². The lowest BCUT2D eigenvalue weighted by Crippen LogP contribution is -2.27. The topological polar surface area (TPSA) is 95.7 Å². The number of anilines is 2. The van der Waals surface area contributed by atoms with E-state index in [0.29, 0.717) is 44.0 Å². The second-order valence-corrected chi connectivity index (χ2v) is 9.32. The van der Waals surface area contributed by atoms with Gasteiger partial charge in [-0.15, -0.1) is 0 Å². The zero-order valence-electron chi connectivity index (χ0n) is 20.7. The molecule has 0 atom stereocenters. The van der Waals surface area contributed by atoms with Crippen LogP contribution in [0.1, 0.15) is 10.4 Å². The zero-order valence-corrected chi connectivity index (χ0v) is 22.3. The lowest BCUT2D eigenvalue weighted by molar-refractivity contribution is -0.116. The molecule has 3 N–H and O–H groups in total. The van der Waals surface area contributed by atoms with Gasteiger partial charge < -0.3 is 30.0 Å². The predicted octanol–water partition coefficient (Wildman–Crippen LogP) is 5.91. The van der Waals surface area contributed by atoms with Gasteiger partial charge in [0.1, 0.15) is 11.5 Å². The summed E-state index contributed by atoms with van der Waals surface area (Å²) in [5.41, 5.74) is 3.81. The van der Waals surface area contributed by atoms with E-state index in [1.54, 1.807) is 41.4 Å². The Morgan fingerprint density at radius 1 is 0.919 bits per heavy atom. The number of aromatic amines is 1. The summed E-state index contributed by atoms with van der Waals surface area (Å²) in [6, 6.07) is 14.0. The molecule has 8 nitrogen and oxygen atoms in total. The number of likely N-dealkylation sites (N-methyl/N-ethyl adjacent to an activating group) is 1. The van der Waals surface area contributed by atoms with Crippen LogP contribution in [0.2, 0.25) is 10.0 Å². The molecule has 0 fully saturated rings. The predicted molar refractivity (Wildman–Crippen MR) is 148 cm³/mol. The molecule has 0 saturated carbocycles. The van der Waals surface area contributed by atoms with Crippen molar-refractivity contribution in [3.8, 4) is 22.6 Å². The maximum atomic E-state index is 12.9. The third kappa shape index (κ3) is 5.67. The highest BCUT2D eigenvalue weighted by Gasteiger charge is 2.20. The number of benzene rings is 3. The van der Waals surface area contributed by atoms with Gasteiger partial charge in [0, 0.05) is 40.0 Å². The number of aromatic nitrogens is 1. The Balaban J connectivity index is 1.55. The monoisotopic (exact) mass is 540 g/mol. The summed E-state index contributed by atoms with van der Waals surface area (Å²) in [6.45, 7) is 0.272. The van der Waals surface area contributed by atoms with Crippen molar-refractivity contribution in [1.29, 1.82) is 0 Å².